The predicted octanol–water partition coefficient (Wildman–Crippen LogP) is 3.82. The Balaban J connectivity index is 1.54. The van der Waals surface area contributed by atoms with Crippen LogP contribution in [0.5, 0.6) is 5.75 Å². The van der Waals surface area contributed by atoms with Crippen molar-refractivity contribution in [2.75, 3.05) is 5.32 Å². The Bertz CT molecular complexity index is 1670. The van der Waals surface area contributed by atoms with E-state index in [1.54, 1.807) is 30.3 Å². The van der Waals surface area contributed by atoms with E-state index in [1.807, 2.05) is 47.0 Å². The molecular formula is C27H21N5O3. The Labute approximate surface area is 200 Å². The highest BCUT2D eigenvalue weighted by Crippen LogP contribution is 2.29. The number of carbonyl (C=O) groups excluding carboxylic acids is 1. The van der Waals surface area contributed by atoms with Crippen LogP contribution in [0.2, 0.25) is 0 Å². The molecule has 0 atom stereocenters. The summed E-state index contributed by atoms with van der Waals surface area (Å²) < 4.78 is 3.33. The van der Waals surface area contributed by atoms with Crippen LogP contribution in [0.3, 0.4) is 0 Å². The minimum atomic E-state index is -0.281. The van der Waals surface area contributed by atoms with E-state index in [0.717, 1.165) is 22.2 Å². The van der Waals surface area contributed by atoms with Crippen molar-refractivity contribution in [2.24, 2.45) is 0 Å². The molecule has 0 unspecified atom stereocenters. The number of phenolic OH excluding ortho intramolecular Hbond substituents is 1. The highest BCUT2D eigenvalue weighted by molar-refractivity contribution is 6.04. The molecule has 1 amide bonds. The van der Waals surface area contributed by atoms with Crippen LogP contribution in [0.25, 0.3) is 22.3 Å². The van der Waals surface area contributed by atoms with Crippen LogP contribution < -0.4 is 10.9 Å². The van der Waals surface area contributed by atoms with Gasteiger partial charge in [0.05, 0.1) is 23.3 Å². The third-order valence-corrected chi connectivity index (χ3v) is 6.23. The smallest absolute Gasteiger partial charge is 0.267 e. The Kier molecular flexibility index (Phi) is 4.92. The van der Waals surface area contributed by atoms with E-state index >= 15 is 0 Å². The molecular weight excluding hydrogens is 442 g/mol. The lowest BCUT2D eigenvalue weighted by atomic mass is 10.0. The maximum Gasteiger partial charge on any atom is 0.267 e. The zero-order valence-corrected chi connectivity index (χ0v) is 18.7. The number of carbonyl (C=O) groups is 1. The number of benzene rings is 3. The number of hydrogen-bond donors (Lipinski definition) is 2. The fraction of sp³-hybridized carbons (Fsp3) is 0.111. The number of imidazole rings is 1. The van der Waals surface area contributed by atoms with Gasteiger partial charge in [-0.2, -0.15) is 5.10 Å². The van der Waals surface area contributed by atoms with E-state index in [1.165, 1.54) is 10.7 Å². The number of phenols is 1. The number of aryl methyl sites for hydroxylation is 2. The second-order valence-corrected chi connectivity index (χ2v) is 8.55. The summed E-state index contributed by atoms with van der Waals surface area (Å²) in [6, 6.07) is 23.3. The number of para-hydroxylation sites is 2. The zero-order valence-electron chi connectivity index (χ0n) is 18.7. The van der Waals surface area contributed by atoms with Gasteiger partial charge in [-0.15, -0.1) is 0 Å². The van der Waals surface area contributed by atoms with Gasteiger partial charge in [-0.1, -0.05) is 30.3 Å². The summed E-state index contributed by atoms with van der Waals surface area (Å²) in [6.07, 6.45) is 0.631. The Hall–Kier alpha value is -4.72. The van der Waals surface area contributed by atoms with E-state index in [9.17, 15) is 14.7 Å². The molecule has 0 saturated carbocycles. The number of anilines is 1. The summed E-state index contributed by atoms with van der Waals surface area (Å²) in [7, 11) is 0. The zero-order chi connectivity index (χ0) is 23.9. The third-order valence-electron chi connectivity index (χ3n) is 6.23. The average Bonchev–Trinajstić information content (AvgIpc) is 3.21. The van der Waals surface area contributed by atoms with E-state index in [4.69, 9.17) is 0 Å². The van der Waals surface area contributed by atoms with Crippen molar-refractivity contribution in [3.05, 3.63) is 106 Å². The number of nitrogens with one attached hydrogen (secondary N) is 1. The number of amides is 1. The third kappa shape index (κ3) is 3.85. The minimum Gasteiger partial charge on any atom is -0.507 e. The lowest BCUT2D eigenvalue weighted by Gasteiger charge is -2.14. The maximum atomic E-state index is 13.2. The highest BCUT2D eigenvalue weighted by Gasteiger charge is 2.17. The number of hydrogen-bond acceptors (Lipinski definition) is 5. The van der Waals surface area contributed by atoms with E-state index in [-0.39, 0.29) is 23.8 Å². The second-order valence-electron chi connectivity index (χ2n) is 8.55. The van der Waals surface area contributed by atoms with Gasteiger partial charge in [-0.3, -0.25) is 14.9 Å². The van der Waals surface area contributed by atoms with Gasteiger partial charge in [0.25, 0.3) is 11.5 Å². The maximum absolute atomic E-state index is 13.2. The predicted molar refractivity (Wildman–Crippen MR) is 133 cm³/mol. The van der Waals surface area contributed by atoms with Crippen LogP contribution in [0.15, 0.2) is 83.7 Å². The molecule has 35 heavy (non-hydrogen) atoms. The summed E-state index contributed by atoms with van der Waals surface area (Å²) >= 11 is 0. The van der Waals surface area contributed by atoms with Gasteiger partial charge in [-0.25, -0.2) is 9.67 Å². The summed E-state index contributed by atoms with van der Waals surface area (Å²) in [5.41, 5.74) is 4.69. The van der Waals surface area contributed by atoms with Gasteiger partial charge >= 0.3 is 0 Å². The molecule has 3 aromatic carbocycles. The topological polar surface area (TPSA) is 102 Å². The van der Waals surface area contributed by atoms with Gasteiger partial charge in [0.15, 0.2) is 0 Å². The molecule has 0 saturated heterocycles. The molecule has 8 heteroatoms. The van der Waals surface area contributed by atoms with Gasteiger partial charge in [0.1, 0.15) is 5.75 Å². The van der Waals surface area contributed by atoms with Crippen molar-refractivity contribution in [1.82, 2.24) is 19.3 Å². The van der Waals surface area contributed by atoms with Gasteiger partial charge in [-0.05, 0) is 60.0 Å². The molecule has 172 valence electrons. The SMILES string of the molecule is O=C1Nc2nc3ccccc3n2CCc2ccc(O)c(c2)-c2ccc(=O)n(n2)Cc2cccc1c2. The molecule has 8 nitrogen and oxygen atoms in total. The van der Waals surface area contributed by atoms with Crippen molar-refractivity contribution < 1.29 is 9.90 Å². The Morgan fingerprint density at radius 2 is 1.77 bits per heavy atom. The molecule has 0 fully saturated rings. The number of rotatable bonds is 0. The number of aromatic nitrogens is 4. The number of nitrogens with zero attached hydrogens (tertiary/aromatic N) is 4. The minimum absolute atomic E-state index is 0.0931. The first kappa shape index (κ1) is 20.9. The van der Waals surface area contributed by atoms with Crippen LogP contribution >= 0.6 is 0 Å². The molecule has 3 heterocycles. The summed E-state index contributed by atoms with van der Waals surface area (Å²) in [6.45, 7) is 0.750. The normalized spacial score (nSPS) is 13.3. The van der Waals surface area contributed by atoms with Crippen LogP contribution in [-0.2, 0) is 19.5 Å². The van der Waals surface area contributed by atoms with Crippen LogP contribution in [0.4, 0.5) is 5.95 Å². The summed E-state index contributed by atoms with van der Waals surface area (Å²) in [5, 5.41) is 18.0. The number of fused-ring (bicyclic) bond motifs is 10. The number of aromatic hydroxyl groups is 1. The van der Waals surface area contributed by atoms with Crippen molar-refractivity contribution >= 4 is 22.9 Å². The Morgan fingerprint density at radius 1 is 0.886 bits per heavy atom. The quantitative estimate of drug-likeness (QED) is 0.364. The monoisotopic (exact) mass is 463 g/mol. The van der Waals surface area contributed by atoms with Crippen LogP contribution in [-0.4, -0.2) is 30.3 Å². The molecule has 2 N–H and O–H groups in total. The van der Waals surface area contributed by atoms with Crippen molar-refractivity contribution in [2.45, 2.75) is 19.5 Å². The molecule has 2 aromatic heterocycles. The largest absolute Gasteiger partial charge is 0.507 e. The molecule has 0 spiro atoms. The van der Waals surface area contributed by atoms with Gasteiger partial charge < -0.3 is 9.67 Å². The average molecular weight is 463 g/mol. The lowest BCUT2D eigenvalue weighted by Crippen LogP contribution is -2.23. The van der Waals surface area contributed by atoms with E-state index < -0.39 is 0 Å². The van der Waals surface area contributed by atoms with E-state index in [2.05, 4.69) is 15.4 Å². The van der Waals surface area contributed by atoms with Crippen molar-refractivity contribution in [3.63, 3.8) is 0 Å². The first-order valence-corrected chi connectivity index (χ1v) is 11.3. The van der Waals surface area contributed by atoms with Crippen LogP contribution in [0, 0.1) is 0 Å². The second kappa shape index (κ2) is 8.25. The van der Waals surface area contributed by atoms with Crippen molar-refractivity contribution in [3.8, 4) is 17.0 Å². The van der Waals surface area contributed by atoms with Gasteiger partial charge in [0, 0.05) is 23.7 Å². The molecule has 6 rings (SSSR count). The summed E-state index contributed by atoms with van der Waals surface area (Å²) in [4.78, 5) is 30.3. The molecule has 1 aliphatic heterocycles. The molecule has 1 aliphatic rings. The van der Waals surface area contributed by atoms with E-state index in [0.29, 0.717) is 35.7 Å². The first-order valence-electron chi connectivity index (χ1n) is 11.3. The summed E-state index contributed by atoms with van der Waals surface area (Å²) in [5.74, 6) is 0.280. The van der Waals surface area contributed by atoms with Crippen molar-refractivity contribution in [1.29, 1.82) is 0 Å². The molecule has 5 aromatic rings. The van der Waals surface area contributed by atoms with Gasteiger partial charge in [0.2, 0.25) is 5.95 Å². The molecule has 0 aliphatic carbocycles. The van der Waals surface area contributed by atoms with Crippen LogP contribution in [0.1, 0.15) is 21.5 Å². The molecule has 0 radical (unpaired) electrons. The Morgan fingerprint density at radius 3 is 2.69 bits per heavy atom. The fourth-order valence-corrected chi connectivity index (χ4v) is 4.45. The molecule has 6 bridgehead atoms. The fourth-order valence-electron chi connectivity index (χ4n) is 4.45. The standard InChI is InChI=1S/C27H21N5O3/c33-24-10-8-17-12-13-31-23-7-2-1-6-22(23)28-27(31)29-26(35)19-5-3-4-18(14-19)16-32-25(34)11-9-21(30-32)20(24)15-17/h1-11,14-15,33H,12-13,16H2,(H,28,29,35). The highest BCUT2D eigenvalue weighted by atomic mass is 16.3. The first-order chi connectivity index (χ1) is 17.0. The lowest BCUT2D eigenvalue weighted by molar-refractivity contribution is 0.102.